The summed E-state index contributed by atoms with van der Waals surface area (Å²) in [4.78, 5) is 4.69. The number of rotatable bonds is 6. The van der Waals surface area contributed by atoms with Gasteiger partial charge in [0.1, 0.15) is 0 Å². The van der Waals surface area contributed by atoms with Crippen molar-refractivity contribution < 1.29 is 0 Å². The van der Waals surface area contributed by atoms with Crippen molar-refractivity contribution in [2.75, 3.05) is 0 Å². The van der Waals surface area contributed by atoms with Gasteiger partial charge < -0.3 is 0 Å². The molecule has 1 fully saturated rings. The van der Waals surface area contributed by atoms with E-state index in [0.717, 1.165) is 24.0 Å². The van der Waals surface area contributed by atoms with Crippen molar-refractivity contribution in [2.45, 2.75) is 65.2 Å². The first kappa shape index (κ1) is 17.2. The summed E-state index contributed by atoms with van der Waals surface area (Å²) in [6.07, 6.45) is 12.8. The predicted molar refractivity (Wildman–Crippen MR) is 103 cm³/mol. The lowest BCUT2D eigenvalue weighted by Gasteiger charge is -2.27. The van der Waals surface area contributed by atoms with Gasteiger partial charge >= 0.3 is 0 Å². The molecular formula is C23H31N. The average Bonchev–Trinajstić information content (AvgIpc) is 2.67. The molecule has 0 amide bonds. The van der Waals surface area contributed by atoms with Crippen LogP contribution in [-0.4, -0.2) is 4.98 Å². The fourth-order valence-corrected chi connectivity index (χ4v) is 3.95. The van der Waals surface area contributed by atoms with E-state index in [4.69, 9.17) is 4.98 Å². The molecule has 1 aliphatic rings. The van der Waals surface area contributed by atoms with Crippen molar-refractivity contribution in [3.8, 4) is 11.3 Å². The van der Waals surface area contributed by atoms with E-state index in [2.05, 4.69) is 56.4 Å². The number of hydrogen-bond acceptors (Lipinski definition) is 1. The number of aromatic nitrogens is 1. The van der Waals surface area contributed by atoms with Crippen molar-refractivity contribution in [2.24, 2.45) is 11.8 Å². The monoisotopic (exact) mass is 321 g/mol. The van der Waals surface area contributed by atoms with Crippen molar-refractivity contribution in [1.82, 2.24) is 4.98 Å². The van der Waals surface area contributed by atoms with Crippen LogP contribution in [0.4, 0.5) is 0 Å². The normalized spacial score (nSPS) is 20.9. The van der Waals surface area contributed by atoms with Crippen molar-refractivity contribution in [3.63, 3.8) is 0 Å². The van der Waals surface area contributed by atoms with Gasteiger partial charge in [0.25, 0.3) is 0 Å². The van der Waals surface area contributed by atoms with E-state index in [1.807, 2.05) is 0 Å². The Morgan fingerprint density at radius 1 is 0.833 bits per heavy atom. The molecule has 24 heavy (non-hydrogen) atoms. The minimum Gasteiger partial charge on any atom is -0.256 e. The lowest BCUT2D eigenvalue weighted by molar-refractivity contribution is 0.259. The van der Waals surface area contributed by atoms with Gasteiger partial charge in [-0.05, 0) is 48.3 Å². The molecule has 1 aromatic carbocycles. The van der Waals surface area contributed by atoms with Gasteiger partial charge in [0.05, 0.1) is 5.69 Å². The SMILES string of the molecule is CCc1ccc(-c2ccc(CCC3CCC(CC)CC3)cn2)cc1. The zero-order valence-electron chi connectivity index (χ0n) is 15.3. The third-order valence-electron chi connectivity index (χ3n) is 5.87. The Morgan fingerprint density at radius 3 is 2.08 bits per heavy atom. The maximum absolute atomic E-state index is 4.69. The van der Waals surface area contributed by atoms with Gasteiger partial charge in [0.15, 0.2) is 0 Å². The fraction of sp³-hybridized carbons (Fsp3) is 0.522. The molecule has 0 saturated heterocycles. The summed E-state index contributed by atoms with van der Waals surface area (Å²) in [6, 6.07) is 13.2. The molecule has 1 aromatic heterocycles. The Labute approximate surface area is 147 Å². The first-order valence-corrected chi connectivity index (χ1v) is 9.82. The minimum absolute atomic E-state index is 0.939. The van der Waals surface area contributed by atoms with E-state index in [1.165, 1.54) is 61.6 Å². The smallest absolute Gasteiger partial charge is 0.0702 e. The van der Waals surface area contributed by atoms with E-state index in [0.29, 0.717) is 0 Å². The van der Waals surface area contributed by atoms with Crippen LogP contribution in [0.5, 0.6) is 0 Å². The molecule has 2 aromatic rings. The van der Waals surface area contributed by atoms with Crippen molar-refractivity contribution >= 4 is 0 Å². The molecule has 1 nitrogen and oxygen atoms in total. The molecule has 128 valence electrons. The Hall–Kier alpha value is -1.63. The molecule has 0 aliphatic heterocycles. The zero-order chi connectivity index (χ0) is 16.8. The molecule has 1 aliphatic carbocycles. The minimum atomic E-state index is 0.939. The van der Waals surface area contributed by atoms with Crippen LogP contribution < -0.4 is 0 Å². The van der Waals surface area contributed by atoms with Gasteiger partial charge in [-0.25, -0.2) is 0 Å². The van der Waals surface area contributed by atoms with Gasteiger partial charge in [-0.1, -0.05) is 76.3 Å². The fourth-order valence-electron chi connectivity index (χ4n) is 3.95. The second-order valence-electron chi connectivity index (χ2n) is 7.44. The van der Waals surface area contributed by atoms with Gasteiger partial charge in [-0.15, -0.1) is 0 Å². The van der Waals surface area contributed by atoms with Crippen LogP contribution in [0, 0.1) is 11.8 Å². The van der Waals surface area contributed by atoms with Crippen LogP contribution in [0.25, 0.3) is 11.3 Å². The molecule has 0 spiro atoms. The highest BCUT2D eigenvalue weighted by molar-refractivity contribution is 5.59. The van der Waals surface area contributed by atoms with Crippen LogP contribution in [0.15, 0.2) is 42.6 Å². The third-order valence-corrected chi connectivity index (χ3v) is 5.87. The molecule has 1 heterocycles. The maximum atomic E-state index is 4.69. The molecule has 0 unspecified atom stereocenters. The van der Waals surface area contributed by atoms with E-state index in [1.54, 1.807) is 0 Å². The highest BCUT2D eigenvalue weighted by Crippen LogP contribution is 2.33. The zero-order valence-corrected chi connectivity index (χ0v) is 15.3. The standard InChI is InChI=1S/C23H31N/c1-3-18-5-7-20(8-6-18)9-10-21-13-16-23(24-17-21)22-14-11-19(4-2)12-15-22/h11-18,20H,3-10H2,1-2H3. The van der Waals surface area contributed by atoms with Crippen molar-refractivity contribution in [1.29, 1.82) is 0 Å². The molecule has 3 rings (SSSR count). The summed E-state index contributed by atoms with van der Waals surface area (Å²) in [5.74, 6) is 1.94. The predicted octanol–water partition coefficient (Wildman–Crippen LogP) is 6.46. The van der Waals surface area contributed by atoms with Crippen LogP contribution >= 0.6 is 0 Å². The van der Waals surface area contributed by atoms with Crippen LogP contribution in [0.3, 0.4) is 0 Å². The topological polar surface area (TPSA) is 12.9 Å². The van der Waals surface area contributed by atoms with E-state index >= 15 is 0 Å². The summed E-state index contributed by atoms with van der Waals surface area (Å²) in [5.41, 5.74) is 5.08. The molecule has 1 heteroatoms. The summed E-state index contributed by atoms with van der Waals surface area (Å²) < 4.78 is 0. The third kappa shape index (κ3) is 4.47. The lowest BCUT2D eigenvalue weighted by Crippen LogP contribution is -2.14. The van der Waals surface area contributed by atoms with Crippen molar-refractivity contribution in [3.05, 3.63) is 53.7 Å². The second-order valence-corrected chi connectivity index (χ2v) is 7.44. The largest absolute Gasteiger partial charge is 0.256 e. The summed E-state index contributed by atoms with van der Waals surface area (Å²) >= 11 is 0. The maximum Gasteiger partial charge on any atom is 0.0702 e. The molecule has 0 atom stereocenters. The molecule has 0 N–H and O–H groups in total. The summed E-state index contributed by atoms with van der Waals surface area (Å²) in [7, 11) is 0. The van der Waals surface area contributed by atoms with Crippen LogP contribution in [0.2, 0.25) is 0 Å². The first-order chi connectivity index (χ1) is 11.8. The highest BCUT2D eigenvalue weighted by Gasteiger charge is 2.19. The lowest BCUT2D eigenvalue weighted by atomic mass is 9.79. The van der Waals surface area contributed by atoms with Crippen LogP contribution in [0.1, 0.15) is 63.5 Å². The molecule has 1 saturated carbocycles. The van der Waals surface area contributed by atoms with Gasteiger partial charge in [-0.2, -0.15) is 0 Å². The average molecular weight is 322 g/mol. The number of aryl methyl sites for hydroxylation is 2. The summed E-state index contributed by atoms with van der Waals surface area (Å²) in [5, 5.41) is 0. The molecule has 0 radical (unpaired) electrons. The van der Waals surface area contributed by atoms with Gasteiger partial charge in [0, 0.05) is 11.8 Å². The number of benzene rings is 1. The quantitative estimate of drug-likeness (QED) is 0.595. The van der Waals surface area contributed by atoms with Gasteiger partial charge in [0.2, 0.25) is 0 Å². The Kier molecular flexibility index (Phi) is 6.07. The first-order valence-electron chi connectivity index (χ1n) is 9.82. The Balaban J connectivity index is 1.53. The molecular weight excluding hydrogens is 290 g/mol. The highest BCUT2D eigenvalue weighted by atomic mass is 14.7. The van der Waals surface area contributed by atoms with E-state index in [-0.39, 0.29) is 0 Å². The molecule has 0 bridgehead atoms. The Morgan fingerprint density at radius 2 is 1.50 bits per heavy atom. The van der Waals surface area contributed by atoms with Gasteiger partial charge in [-0.3, -0.25) is 4.98 Å². The van der Waals surface area contributed by atoms with E-state index < -0.39 is 0 Å². The Bertz CT molecular complexity index is 603. The number of hydrogen-bond donors (Lipinski definition) is 0. The van der Waals surface area contributed by atoms with E-state index in [9.17, 15) is 0 Å². The van der Waals surface area contributed by atoms with Crippen LogP contribution in [-0.2, 0) is 12.8 Å². The number of pyridine rings is 1. The number of nitrogens with zero attached hydrogens (tertiary/aromatic N) is 1. The second kappa shape index (κ2) is 8.46. The summed E-state index contributed by atoms with van der Waals surface area (Å²) in [6.45, 7) is 4.53.